The number of carbonyl (C=O) groups excluding carboxylic acids is 1. The summed E-state index contributed by atoms with van der Waals surface area (Å²) in [7, 11) is 0. The van der Waals surface area contributed by atoms with Gasteiger partial charge in [-0.1, -0.05) is 38.5 Å². The van der Waals surface area contributed by atoms with Crippen LogP contribution in [0.25, 0.3) is 0 Å². The number of hydrogen-bond donors (Lipinski definition) is 1. The summed E-state index contributed by atoms with van der Waals surface area (Å²) < 4.78 is 0. The summed E-state index contributed by atoms with van der Waals surface area (Å²) in [6.07, 6.45) is 10.4. The van der Waals surface area contributed by atoms with E-state index in [0.717, 1.165) is 6.42 Å². The number of rotatable bonds is 0. The summed E-state index contributed by atoms with van der Waals surface area (Å²) in [5.74, 6) is 0.684. The highest BCUT2D eigenvalue weighted by Crippen LogP contribution is 2.27. The van der Waals surface area contributed by atoms with E-state index in [1.165, 1.54) is 44.9 Å². The van der Waals surface area contributed by atoms with Crippen molar-refractivity contribution in [3.05, 3.63) is 0 Å². The van der Waals surface area contributed by atoms with Crippen LogP contribution in [0.2, 0.25) is 0 Å². The lowest BCUT2D eigenvalue weighted by Crippen LogP contribution is -2.57. The molecule has 74 valence electrons. The number of amides is 1. The van der Waals surface area contributed by atoms with E-state index >= 15 is 0 Å². The van der Waals surface area contributed by atoms with E-state index in [-0.39, 0.29) is 0 Å². The van der Waals surface area contributed by atoms with Crippen molar-refractivity contribution in [2.75, 3.05) is 0 Å². The van der Waals surface area contributed by atoms with Crippen LogP contribution in [0, 0.1) is 5.92 Å². The smallest absolute Gasteiger partial charge is 0.225 e. The zero-order chi connectivity index (χ0) is 9.10. The van der Waals surface area contributed by atoms with Gasteiger partial charge in [0.2, 0.25) is 5.91 Å². The molecule has 1 aliphatic heterocycles. The Kier molecular flexibility index (Phi) is 2.87. The third kappa shape index (κ3) is 2.04. The van der Waals surface area contributed by atoms with Gasteiger partial charge in [-0.25, -0.2) is 0 Å². The monoisotopic (exact) mass is 181 g/mol. The molecule has 1 amide bonds. The van der Waals surface area contributed by atoms with Gasteiger partial charge >= 0.3 is 0 Å². The molecule has 0 aromatic carbocycles. The molecule has 13 heavy (non-hydrogen) atoms. The quantitative estimate of drug-likeness (QED) is 0.570. The minimum atomic E-state index is 0.311. The van der Waals surface area contributed by atoms with E-state index in [1.54, 1.807) is 0 Å². The van der Waals surface area contributed by atoms with Gasteiger partial charge in [-0.05, 0) is 12.8 Å². The first-order chi connectivity index (χ1) is 6.38. The molecule has 0 unspecified atom stereocenters. The van der Waals surface area contributed by atoms with Crippen LogP contribution in [-0.2, 0) is 4.79 Å². The van der Waals surface area contributed by atoms with Crippen LogP contribution in [0.15, 0.2) is 0 Å². The molecule has 2 heteroatoms. The second-order valence-electron chi connectivity index (χ2n) is 4.42. The number of β-lactam (4-membered cyclic amide) rings is 1. The Bertz CT molecular complexity index is 191. The summed E-state index contributed by atoms with van der Waals surface area (Å²) in [5, 5.41) is 3.02. The molecule has 2 nitrogen and oxygen atoms in total. The molecule has 1 saturated carbocycles. The van der Waals surface area contributed by atoms with Gasteiger partial charge in [0.05, 0.1) is 5.92 Å². The Balaban J connectivity index is 1.84. The van der Waals surface area contributed by atoms with E-state index in [9.17, 15) is 4.79 Å². The normalized spacial score (nSPS) is 35.5. The first-order valence-electron chi connectivity index (χ1n) is 5.68. The zero-order valence-electron chi connectivity index (χ0n) is 8.22. The fraction of sp³-hybridized carbons (Fsp3) is 0.909. The van der Waals surface area contributed by atoms with Crippen molar-refractivity contribution in [3.8, 4) is 0 Å². The topological polar surface area (TPSA) is 29.1 Å². The molecule has 2 atom stereocenters. The molecule has 0 spiro atoms. The number of carbonyl (C=O) groups is 1. The first kappa shape index (κ1) is 9.04. The van der Waals surface area contributed by atoms with E-state index in [4.69, 9.17) is 0 Å². The van der Waals surface area contributed by atoms with Crippen molar-refractivity contribution in [1.29, 1.82) is 0 Å². The van der Waals surface area contributed by atoms with E-state index in [0.29, 0.717) is 17.9 Å². The molecule has 1 heterocycles. The van der Waals surface area contributed by atoms with Crippen LogP contribution in [-0.4, -0.2) is 11.9 Å². The minimum absolute atomic E-state index is 0.311. The van der Waals surface area contributed by atoms with E-state index in [2.05, 4.69) is 5.32 Å². The average Bonchev–Trinajstić information content (AvgIpc) is 2.13. The van der Waals surface area contributed by atoms with E-state index in [1.807, 2.05) is 0 Å². The molecule has 0 aromatic rings. The highest BCUT2D eigenvalue weighted by atomic mass is 16.2. The van der Waals surface area contributed by atoms with Crippen molar-refractivity contribution >= 4 is 5.91 Å². The molecule has 0 radical (unpaired) electrons. The third-order valence-corrected chi connectivity index (χ3v) is 3.43. The summed E-state index contributed by atoms with van der Waals surface area (Å²) in [4.78, 5) is 11.2. The molecular formula is C11H19NO. The first-order valence-corrected chi connectivity index (χ1v) is 5.68. The van der Waals surface area contributed by atoms with Gasteiger partial charge in [-0.15, -0.1) is 0 Å². The van der Waals surface area contributed by atoms with E-state index < -0.39 is 0 Å². The Hall–Kier alpha value is -0.530. The van der Waals surface area contributed by atoms with Crippen LogP contribution in [0.5, 0.6) is 0 Å². The van der Waals surface area contributed by atoms with Gasteiger partial charge in [0, 0.05) is 6.04 Å². The van der Waals surface area contributed by atoms with Gasteiger partial charge in [0.25, 0.3) is 0 Å². The van der Waals surface area contributed by atoms with Crippen LogP contribution in [0.4, 0.5) is 0 Å². The molecular weight excluding hydrogens is 162 g/mol. The van der Waals surface area contributed by atoms with Crippen molar-refractivity contribution in [3.63, 3.8) is 0 Å². The second-order valence-corrected chi connectivity index (χ2v) is 4.42. The molecule has 0 aromatic heterocycles. The highest BCUT2D eigenvalue weighted by Gasteiger charge is 2.37. The SMILES string of the molecule is O=C1N[C@@H]2CCCCCCCC[C@H]12. The maximum absolute atomic E-state index is 11.2. The van der Waals surface area contributed by atoms with Crippen LogP contribution in [0.3, 0.4) is 0 Å². The fourth-order valence-corrected chi connectivity index (χ4v) is 2.52. The number of nitrogens with one attached hydrogen (secondary N) is 1. The number of fused-ring (bicyclic) bond motifs is 1. The highest BCUT2D eigenvalue weighted by molar-refractivity contribution is 5.85. The molecule has 1 aliphatic carbocycles. The molecule has 1 N–H and O–H groups in total. The Morgan fingerprint density at radius 1 is 0.923 bits per heavy atom. The van der Waals surface area contributed by atoms with Gasteiger partial charge < -0.3 is 5.32 Å². The van der Waals surface area contributed by atoms with Crippen molar-refractivity contribution in [2.45, 2.75) is 57.4 Å². The Labute approximate surface area is 80.1 Å². The van der Waals surface area contributed by atoms with Crippen molar-refractivity contribution in [2.24, 2.45) is 5.92 Å². The molecule has 0 bridgehead atoms. The lowest BCUT2D eigenvalue weighted by atomic mass is 9.82. The van der Waals surface area contributed by atoms with Gasteiger partial charge in [-0.2, -0.15) is 0 Å². The Morgan fingerprint density at radius 3 is 2.23 bits per heavy atom. The van der Waals surface area contributed by atoms with Gasteiger partial charge in [0.1, 0.15) is 0 Å². The second kappa shape index (κ2) is 4.12. The van der Waals surface area contributed by atoms with Gasteiger partial charge in [0.15, 0.2) is 0 Å². The van der Waals surface area contributed by atoms with Crippen LogP contribution in [0.1, 0.15) is 51.4 Å². The van der Waals surface area contributed by atoms with Crippen LogP contribution >= 0.6 is 0 Å². The predicted molar refractivity (Wildman–Crippen MR) is 52.4 cm³/mol. The third-order valence-electron chi connectivity index (χ3n) is 3.43. The molecule has 2 aliphatic rings. The lowest BCUT2D eigenvalue weighted by molar-refractivity contribution is -0.135. The van der Waals surface area contributed by atoms with Crippen molar-refractivity contribution in [1.82, 2.24) is 5.32 Å². The largest absolute Gasteiger partial charge is 0.352 e. The summed E-state index contributed by atoms with van der Waals surface area (Å²) in [6.45, 7) is 0. The zero-order valence-corrected chi connectivity index (χ0v) is 8.22. The molecule has 1 saturated heterocycles. The maximum atomic E-state index is 11.2. The summed E-state index contributed by atoms with van der Waals surface area (Å²) in [5.41, 5.74) is 0. The predicted octanol–water partition coefficient (Wildman–Crippen LogP) is 2.24. The Morgan fingerprint density at radius 2 is 1.54 bits per heavy atom. The lowest BCUT2D eigenvalue weighted by Gasteiger charge is -2.37. The fourth-order valence-electron chi connectivity index (χ4n) is 2.52. The standard InChI is InChI=1S/C11H19NO/c13-11-9-7-5-3-1-2-4-6-8-10(9)12-11/h9-10H,1-8H2,(H,12,13)/t9-,10+/m0/s1. The molecule has 2 rings (SSSR count). The van der Waals surface area contributed by atoms with Crippen molar-refractivity contribution < 1.29 is 4.79 Å². The van der Waals surface area contributed by atoms with Gasteiger partial charge in [-0.3, -0.25) is 4.79 Å². The average molecular weight is 181 g/mol. The van der Waals surface area contributed by atoms with Crippen LogP contribution < -0.4 is 5.32 Å². The molecule has 2 fully saturated rings. The summed E-state index contributed by atoms with van der Waals surface area (Å²) in [6, 6.07) is 0.533. The number of hydrogen-bond acceptors (Lipinski definition) is 1. The minimum Gasteiger partial charge on any atom is -0.352 e. The maximum Gasteiger partial charge on any atom is 0.225 e. The summed E-state index contributed by atoms with van der Waals surface area (Å²) >= 11 is 0.